The van der Waals surface area contributed by atoms with E-state index in [4.69, 9.17) is 4.74 Å². The molecule has 5 rings (SSSR count). The Bertz CT molecular complexity index is 1210. The van der Waals surface area contributed by atoms with Gasteiger partial charge in [0.25, 0.3) is 0 Å². The van der Waals surface area contributed by atoms with Crippen LogP contribution in [0.3, 0.4) is 0 Å². The molecule has 1 aliphatic rings. The lowest BCUT2D eigenvalue weighted by molar-refractivity contribution is -0.137. The van der Waals surface area contributed by atoms with Crippen LogP contribution in [0.15, 0.2) is 43.1 Å². The molecule has 0 spiro atoms. The summed E-state index contributed by atoms with van der Waals surface area (Å²) in [5.74, 6) is 1.13. The summed E-state index contributed by atoms with van der Waals surface area (Å²) in [6, 6.07) is 5.11. The van der Waals surface area contributed by atoms with Crippen LogP contribution in [0, 0.1) is 0 Å². The summed E-state index contributed by atoms with van der Waals surface area (Å²) in [6.07, 6.45) is 2.01. The van der Waals surface area contributed by atoms with Crippen molar-refractivity contribution in [2.45, 2.75) is 25.1 Å². The Balaban J connectivity index is 1.41. The minimum absolute atomic E-state index is 0.0282. The van der Waals surface area contributed by atoms with Crippen molar-refractivity contribution < 1.29 is 17.9 Å². The zero-order chi connectivity index (χ0) is 20.7. The molecule has 0 bridgehead atoms. The Morgan fingerprint density at radius 3 is 2.90 bits per heavy atom. The van der Waals surface area contributed by atoms with Gasteiger partial charge >= 0.3 is 6.18 Å². The number of hydrogen-bond donors (Lipinski definition) is 1. The van der Waals surface area contributed by atoms with E-state index in [2.05, 4.69) is 29.8 Å². The van der Waals surface area contributed by atoms with Crippen molar-refractivity contribution in [1.29, 1.82) is 0 Å². The predicted molar refractivity (Wildman–Crippen MR) is 104 cm³/mol. The van der Waals surface area contributed by atoms with Crippen molar-refractivity contribution >= 4 is 27.9 Å². The number of hydrogen-bond acceptors (Lipinski definition) is 6. The highest BCUT2D eigenvalue weighted by atomic mass is 19.4. The SMILES string of the molecule is FC(F)(F)c1ccc2nccc(OCC3CCCN3c3ncnc4nc[nH]c34)c2c1. The molecular weight excluding hydrogens is 397 g/mol. The number of fused-ring (bicyclic) bond motifs is 2. The quantitative estimate of drug-likeness (QED) is 0.544. The maximum atomic E-state index is 13.1. The van der Waals surface area contributed by atoms with Gasteiger partial charge in [0.15, 0.2) is 11.5 Å². The Kier molecular flexibility index (Phi) is 4.41. The van der Waals surface area contributed by atoms with Crippen molar-refractivity contribution in [3.8, 4) is 5.75 Å². The maximum Gasteiger partial charge on any atom is 0.416 e. The van der Waals surface area contributed by atoms with E-state index in [-0.39, 0.29) is 6.04 Å². The summed E-state index contributed by atoms with van der Waals surface area (Å²) in [5, 5.41) is 0.342. The molecule has 0 radical (unpaired) electrons. The lowest BCUT2D eigenvalue weighted by atomic mass is 10.1. The molecule has 3 aromatic heterocycles. The van der Waals surface area contributed by atoms with E-state index in [1.54, 1.807) is 12.4 Å². The average Bonchev–Trinajstić information content (AvgIpc) is 3.40. The lowest BCUT2D eigenvalue weighted by Crippen LogP contribution is -2.35. The smallest absolute Gasteiger partial charge is 0.416 e. The number of rotatable bonds is 4. The van der Waals surface area contributed by atoms with E-state index in [0.29, 0.717) is 28.9 Å². The van der Waals surface area contributed by atoms with Crippen molar-refractivity contribution in [3.05, 3.63) is 48.7 Å². The minimum atomic E-state index is -4.42. The van der Waals surface area contributed by atoms with Crippen LogP contribution >= 0.6 is 0 Å². The second-order valence-electron chi connectivity index (χ2n) is 7.14. The third kappa shape index (κ3) is 3.27. The van der Waals surface area contributed by atoms with Gasteiger partial charge in [-0.15, -0.1) is 0 Å². The van der Waals surface area contributed by atoms with Gasteiger partial charge in [0.05, 0.1) is 23.4 Å². The van der Waals surface area contributed by atoms with E-state index >= 15 is 0 Å². The molecule has 7 nitrogen and oxygen atoms in total. The number of nitrogens with one attached hydrogen (secondary N) is 1. The molecule has 1 atom stereocenters. The molecular formula is C20H17F3N6O. The Labute approximate surface area is 168 Å². The molecule has 0 saturated carbocycles. The molecule has 1 aromatic carbocycles. The van der Waals surface area contributed by atoms with Crippen LogP contribution in [0.2, 0.25) is 0 Å². The summed E-state index contributed by atoms with van der Waals surface area (Å²) >= 11 is 0. The first kappa shape index (κ1) is 18.6. The van der Waals surface area contributed by atoms with Crippen LogP contribution in [-0.2, 0) is 6.18 Å². The number of H-pyrrole nitrogens is 1. The zero-order valence-electron chi connectivity index (χ0n) is 15.7. The van der Waals surface area contributed by atoms with Crippen molar-refractivity contribution in [1.82, 2.24) is 24.9 Å². The Hall–Kier alpha value is -3.43. The molecule has 4 heterocycles. The molecule has 4 aromatic rings. The molecule has 1 saturated heterocycles. The van der Waals surface area contributed by atoms with E-state index < -0.39 is 11.7 Å². The molecule has 0 aliphatic carbocycles. The number of halogens is 3. The molecule has 1 N–H and O–H groups in total. The normalized spacial score (nSPS) is 17.2. The zero-order valence-corrected chi connectivity index (χ0v) is 15.7. The average molecular weight is 414 g/mol. The lowest BCUT2D eigenvalue weighted by Gasteiger charge is -2.26. The topological polar surface area (TPSA) is 79.8 Å². The predicted octanol–water partition coefficient (Wildman–Crippen LogP) is 3.97. The second kappa shape index (κ2) is 7.12. The van der Waals surface area contributed by atoms with Gasteiger partial charge in [0, 0.05) is 18.1 Å². The third-order valence-corrected chi connectivity index (χ3v) is 5.31. The number of pyridine rings is 1. The Morgan fingerprint density at radius 2 is 2.03 bits per heavy atom. The van der Waals surface area contributed by atoms with Crippen LogP contribution in [0.25, 0.3) is 22.1 Å². The Morgan fingerprint density at radius 1 is 1.13 bits per heavy atom. The number of aromatic nitrogens is 5. The highest BCUT2D eigenvalue weighted by Gasteiger charge is 2.31. The number of benzene rings is 1. The summed E-state index contributed by atoms with van der Waals surface area (Å²) < 4.78 is 45.4. The molecule has 30 heavy (non-hydrogen) atoms. The highest BCUT2D eigenvalue weighted by molar-refractivity contribution is 5.85. The van der Waals surface area contributed by atoms with Crippen molar-refractivity contribution in [3.63, 3.8) is 0 Å². The first-order valence-corrected chi connectivity index (χ1v) is 9.50. The van der Waals surface area contributed by atoms with E-state index in [1.807, 2.05) is 0 Å². The van der Waals surface area contributed by atoms with Crippen LogP contribution in [0.1, 0.15) is 18.4 Å². The summed E-state index contributed by atoms with van der Waals surface area (Å²) in [7, 11) is 0. The molecule has 10 heteroatoms. The first-order valence-electron chi connectivity index (χ1n) is 9.50. The maximum absolute atomic E-state index is 13.1. The largest absolute Gasteiger partial charge is 0.491 e. The van der Waals surface area contributed by atoms with Gasteiger partial charge < -0.3 is 14.6 Å². The van der Waals surface area contributed by atoms with E-state index in [9.17, 15) is 13.2 Å². The van der Waals surface area contributed by atoms with E-state index in [0.717, 1.165) is 42.9 Å². The number of nitrogens with zero attached hydrogens (tertiary/aromatic N) is 5. The summed E-state index contributed by atoms with van der Waals surface area (Å²) in [4.78, 5) is 22.1. The molecule has 154 valence electrons. The standard InChI is InChI=1S/C20H17F3N6O/c21-20(22,23)12-3-4-15-14(8-12)16(5-6-24-15)30-9-13-2-1-7-29(13)19-17-18(26-10-25-17)27-11-28-19/h3-6,8,10-11,13H,1-2,7,9H2,(H,25,26,27,28). The summed E-state index contributed by atoms with van der Waals surface area (Å²) in [5.41, 5.74) is 1.08. The van der Waals surface area contributed by atoms with Crippen molar-refractivity contribution in [2.24, 2.45) is 0 Å². The minimum Gasteiger partial charge on any atom is -0.491 e. The fraction of sp³-hybridized carbons (Fsp3) is 0.300. The number of imidazole rings is 1. The van der Waals surface area contributed by atoms with Gasteiger partial charge in [-0.05, 0) is 37.1 Å². The van der Waals surface area contributed by atoms with Gasteiger partial charge in [0.2, 0.25) is 0 Å². The van der Waals surface area contributed by atoms with Crippen LogP contribution in [-0.4, -0.2) is 44.1 Å². The first-order chi connectivity index (χ1) is 14.5. The fourth-order valence-corrected chi connectivity index (χ4v) is 3.87. The fourth-order valence-electron chi connectivity index (χ4n) is 3.87. The van der Waals surface area contributed by atoms with Crippen LogP contribution in [0.5, 0.6) is 5.75 Å². The molecule has 1 unspecified atom stereocenters. The number of ether oxygens (including phenoxy) is 1. The van der Waals surface area contributed by atoms with Gasteiger partial charge in [0.1, 0.15) is 24.2 Å². The van der Waals surface area contributed by atoms with Crippen molar-refractivity contribution in [2.75, 3.05) is 18.1 Å². The molecule has 1 aliphatic heterocycles. The number of anilines is 1. The van der Waals surface area contributed by atoms with Crippen LogP contribution < -0.4 is 9.64 Å². The van der Waals surface area contributed by atoms with Gasteiger partial charge in [-0.1, -0.05) is 0 Å². The van der Waals surface area contributed by atoms with E-state index in [1.165, 1.54) is 18.6 Å². The second-order valence-corrected chi connectivity index (χ2v) is 7.14. The summed E-state index contributed by atoms with van der Waals surface area (Å²) in [6.45, 7) is 1.11. The van der Waals surface area contributed by atoms with Gasteiger partial charge in [-0.2, -0.15) is 13.2 Å². The van der Waals surface area contributed by atoms with Gasteiger partial charge in [-0.25, -0.2) is 15.0 Å². The molecule has 0 amide bonds. The number of aromatic amines is 1. The third-order valence-electron chi connectivity index (χ3n) is 5.31. The monoisotopic (exact) mass is 414 g/mol. The van der Waals surface area contributed by atoms with Gasteiger partial charge in [-0.3, -0.25) is 4.98 Å². The van der Waals surface area contributed by atoms with Crippen LogP contribution in [0.4, 0.5) is 19.0 Å². The highest BCUT2D eigenvalue weighted by Crippen LogP contribution is 2.34. The molecule has 1 fully saturated rings. The number of alkyl halides is 3.